The van der Waals surface area contributed by atoms with E-state index in [9.17, 15) is 12.8 Å². The third-order valence-corrected chi connectivity index (χ3v) is 5.04. The van der Waals surface area contributed by atoms with Crippen molar-refractivity contribution in [1.29, 1.82) is 0 Å². The van der Waals surface area contributed by atoms with Crippen LogP contribution in [0.1, 0.15) is 19.3 Å². The van der Waals surface area contributed by atoms with Crippen LogP contribution in [0, 0.1) is 5.82 Å². The number of anilines is 1. The number of hydrogen-bond donors (Lipinski definition) is 2. The molecule has 0 aromatic heterocycles. The normalized spacial score (nSPS) is 15.4. The van der Waals surface area contributed by atoms with Crippen molar-refractivity contribution in [3.8, 4) is 0 Å². The summed E-state index contributed by atoms with van der Waals surface area (Å²) in [5, 5.41) is 3.28. The van der Waals surface area contributed by atoms with E-state index in [0.29, 0.717) is 12.6 Å². The van der Waals surface area contributed by atoms with E-state index in [4.69, 9.17) is 11.6 Å². The van der Waals surface area contributed by atoms with Crippen LogP contribution in [0.25, 0.3) is 0 Å². The van der Waals surface area contributed by atoms with Gasteiger partial charge in [-0.3, -0.25) is 4.72 Å². The van der Waals surface area contributed by atoms with Gasteiger partial charge in [0.1, 0.15) is 5.82 Å². The molecule has 0 aliphatic heterocycles. The molecule has 1 aromatic rings. The van der Waals surface area contributed by atoms with Crippen molar-refractivity contribution < 1.29 is 12.8 Å². The van der Waals surface area contributed by atoms with Gasteiger partial charge >= 0.3 is 10.2 Å². The van der Waals surface area contributed by atoms with Gasteiger partial charge in [-0.1, -0.05) is 11.6 Å². The summed E-state index contributed by atoms with van der Waals surface area (Å²) in [7, 11) is -2.19. The maximum Gasteiger partial charge on any atom is 0.301 e. The van der Waals surface area contributed by atoms with Crippen LogP contribution < -0.4 is 10.0 Å². The highest BCUT2D eigenvalue weighted by Gasteiger charge is 2.21. The molecule has 0 atom stereocenters. The first-order valence-corrected chi connectivity index (χ1v) is 8.63. The molecule has 0 radical (unpaired) electrons. The van der Waals surface area contributed by atoms with Crippen LogP contribution >= 0.6 is 11.6 Å². The van der Waals surface area contributed by atoms with Gasteiger partial charge in [-0.15, -0.1) is 0 Å². The molecule has 2 rings (SSSR count). The van der Waals surface area contributed by atoms with Gasteiger partial charge in [0.05, 0.1) is 10.7 Å². The molecule has 1 saturated carbocycles. The highest BCUT2D eigenvalue weighted by molar-refractivity contribution is 7.90. The fourth-order valence-electron chi connectivity index (χ4n) is 1.80. The molecular formula is C13H19ClFN3O2S. The molecule has 1 fully saturated rings. The summed E-state index contributed by atoms with van der Waals surface area (Å²) in [5.41, 5.74) is 0.153. The van der Waals surface area contributed by atoms with Crippen molar-refractivity contribution >= 4 is 27.5 Å². The fraction of sp³-hybridized carbons (Fsp3) is 0.538. The summed E-state index contributed by atoms with van der Waals surface area (Å²) >= 11 is 5.56. The zero-order chi connectivity index (χ0) is 15.5. The average molecular weight is 336 g/mol. The number of hydrogen-bond acceptors (Lipinski definition) is 3. The van der Waals surface area contributed by atoms with Gasteiger partial charge in [0, 0.05) is 19.6 Å². The van der Waals surface area contributed by atoms with E-state index < -0.39 is 16.0 Å². The Kier molecular flexibility index (Phi) is 5.43. The highest BCUT2D eigenvalue weighted by Crippen LogP contribution is 2.20. The Morgan fingerprint density at radius 1 is 1.43 bits per heavy atom. The van der Waals surface area contributed by atoms with Crippen LogP contribution in [0.3, 0.4) is 0 Å². The van der Waals surface area contributed by atoms with Gasteiger partial charge in [-0.25, -0.2) is 4.39 Å². The second-order valence-electron chi connectivity index (χ2n) is 5.14. The lowest BCUT2D eigenvalue weighted by Gasteiger charge is -2.18. The van der Waals surface area contributed by atoms with Crippen molar-refractivity contribution in [2.75, 3.05) is 24.9 Å². The van der Waals surface area contributed by atoms with Gasteiger partial charge in [-0.2, -0.15) is 12.7 Å². The lowest BCUT2D eigenvalue weighted by Crippen LogP contribution is -2.34. The maximum atomic E-state index is 13.3. The van der Waals surface area contributed by atoms with E-state index in [1.54, 1.807) is 0 Å². The Morgan fingerprint density at radius 3 is 2.76 bits per heavy atom. The second-order valence-corrected chi connectivity index (χ2v) is 7.32. The monoisotopic (exact) mass is 335 g/mol. The Bertz CT molecular complexity index is 593. The van der Waals surface area contributed by atoms with E-state index in [1.807, 2.05) is 0 Å². The molecule has 2 N–H and O–H groups in total. The quantitative estimate of drug-likeness (QED) is 0.716. The van der Waals surface area contributed by atoms with Crippen LogP contribution in [-0.4, -0.2) is 38.9 Å². The number of rotatable bonds is 8. The van der Waals surface area contributed by atoms with Crippen molar-refractivity contribution in [1.82, 2.24) is 9.62 Å². The Labute approximate surface area is 129 Å². The lowest BCUT2D eigenvalue weighted by atomic mass is 10.3. The second kappa shape index (κ2) is 6.91. The number of nitrogens with one attached hydrogen (secondary N) is 2. The molecule has 0 bridgehead atoms. The van der Waals surface area contributed by atoms with E-state index in [0.717, 1.165) is 19.0 Å². The molecule has 0 unspecified atom stereocenters. The van der Waals surface area contributed by atoms with E-state index in [1.165, 1.54) is 36.3 Å². The van der Waals surface area contributed by atoms with Crippen molar-refractivity contribution in [3.63, 3.8) is 0 Å². The highest BCUT2D eigenvalue weighted by atomic mass is 35.5. The first-order chi connectivity index (χ1) is 9.88. The third kappa shape index (κ3) is 5.10. The Balaban J connectivity index is 1.85. The van der Waals surface area contributed by atoms with Gasteiger partial charge in [0.2, 0.25) is 0 Å². The number of nitrogens with zero attached hydrogens (tertiary/aromatic N) is 1. The van der Waals surface area contributed by atoms with Crippen LogP contribution in [-0.2, 0) is 10.2 Å². The Hall–Kier alpha value is -0.890. The van der Waals surface area contributed by atoms with Crippen molar-refractivity contribution in [2.24, 2.45) is 0 Å². The molecule has 0 heterocycles. The van der Waals surface area contributed by atoms with Crippen molar-refractivity contribution in [2.45, 2.75) is 25.3 Å². The summed E-state index contributed by atoms with van der Waals surface area (Å²) in [6.07, 6.45) is 3.14. The molecule has 21 heavy (non-hydrogen) atoms. The molecular weight excluding hydrogens is 317 g/mol. The van der Waals surface area contributed by atoms with Crippen molar-refractivity contribution in [3.05, 3.63) is 29.0 Å². The predicted molar refractivity (Wildman–Crippen MR) is 82.2 cm³/mol. The van der Waals surface area contributed by atoms with Gasteiger partial charge in [0.25, 0.3) is 0 Å². The fourth-order valence-corrected chi connectivity index (χ4v) is 2.87. The molecule has 1 aliphatic rings. The minimum Gasteiger partial charge on any atom is -0.314 e. The predicted octanol–water partition coefficient (Wildman–Crippen LogP) is 2.21. The first kappa shape index (κ1) is 16.5. The number of benzene rings is 1. The van der Waals surface area contributed by atoms with Crippen LogP contribution in [0.2, 0.25) is 5.02 Å². The molecule has 0 spiro atoms. The molecule has 0 saturated heterocycles. The standard InChI is InChI=1S/C13H19ClFN3O2S/c1-18(8-2-7-16-10-3-4-10)21(19,20)17-11-5-6-12(14)13(15)9-11/h5-6,9-10,16-17H,2-4,7-8H2,1H3. The molecule has 118 valence electrons. The molecule has 1 aromatic carbocycles. The Morgan fingerprint density at radius 2 is 2.14 bits per heavy atom. The maximum absolute atomic E-state index is 13.3. The third-order valence-electron chi connectivity index (χ3n) is 3.24. The smallest absolute Gasteiger partial charge is 0.301 e. The van der Waals surface area contributed by atoms with Crippen LogP contribution in [0.5, 0.6) is 0 Å². The van der Waals surface area contributed by atoms with Gasteiger partial charge in [-0.05, 0) is 44.0 Å². The molecule has 8 heteroatoms. The molecule has 0 amide bonds. The van der Waals surface area contributed by atoms with E-state index in [2.05, 4.69) is 10.0 Å². The SMILES string of the molecule is CN(CCCNC1CC1)S(=O)(=O)Nc1ccc(Cl)c(F)c1. The minimum atomic E-state index is -3.68. The lowest BCUT2D eigenvalue weighted by molar-refractivity contribution is 0.458. The minimum absolute atomic E-state index is 0.0440. The topological polar surface area (TPSA) is 61.4 Å². The summed E-state index contributed by atoms with van der Waals surface area (Å²) < 4.78 is 41.0. The summed E-state index contributed by atoms with van der Waals surface area (Å²) in [6.45, 7) is 1.19. The van der Waals surface area contributed by atoms with Crippen LogP contribution in [0.4, 0.5) is 10.1 Å². The summed E-state index contributed by atoms with van der Waals surface area (Å²) in [4.78, 5) is 0. The molecule has 1 aliphatic carbocycles. The van der Waals surface area contributed by atoms with E-state index >= 15 is 0 Å². The summed E-state index contributed by atoms with van der Waals surface area (Å²) in [5.74, 6) is -0.659. The van der Waals surface area contributed by atoms with E-state index in [-0.39, 0.29) is 10.7 Å². The van der Waals surface area contributed by atoms with Crippen LogP contribution in [0.15, 0.2) is 18.2 Å². The number of halogens is 2. The summed E-state index contributed by atoms with van der Waals surface area (Å²) in [6, 6.07) is 4.41. The first-order valence-electron chi connectivity index (χ1n) is 6.81. The molecule has 5 nitrogen and oxygen atoms in total. The van der Waals surface area contributed by atoms with Gasteiger partial charge in [0.15, 0.2) is 0 Å². The average Bonchev–Trinajstić information content (AvgIpc) is 3.22. The zero-order valence-corrected chi connectivity index (χ0v) is 13.3. The largest absolute Gasteiger partial charge is 0.314 e. The zero-order valence-electron chi connectivity index (χ0n) is 11.8. The van der Waals surface area contributed by atoms with Gasteiger partial charge < -0.3 is 5.32 Å².